The molecule has 1 heterocycles. The van der Waals surface area contributed by atoms with E-state index in [1.807, 2.05) is 0 Å². The first kappa shape index (κ1) is 20.0. The molecule has 0 bridgehead atoms. The van der Waals surface area contributed by atoms with E-state index in [2.05, 4.69) is 5.32 Å². The van der Waals surface area contributed by atoms with Crippen LogP contribution >= 0.6 is 0 Å². The Labute approximate surface area is 164 Å². The third kappa shape index (κ3) is 4.76. The van der Waals surface area contributed by atoms with Crippen molar-refractivity contribution in [2.75, 3.05) is 25.0 Å². The lowest BCUT2D eigenvalue weighted by atomic mass is 10.1. The quantitative estimate of drug-likeness (QED) is 0.719. The molecule has 28 heavy (non-hydrogen) atoms. The highest BCUT2D eigenvalue weighted by molar-refractivity contribution is 7.89. The van der Waals surface area contributed by atoms with Gasteiger partial charge in [0.25, 0.3) is 5.91 Å². The fourth-order valence-electron chi connectivity index (χ4n) is 2.95. The van der Waals surface area contributed by atoms with E-state index >= 15 is 0 Å². The number of ketones is 1. The zero-order valence-corrected chi connectivity index (χ0v) is 16.4. The fourth-order valence-corrected chi connectivity index (χ4v) is 4.46. The standard InChI is InChI=1S/C20H22N2O5S/c1-15(23)16-5-4-6-17(13-16)21-20(24)14-27-18-7-9-19(10-8-18)28(25,26)22-11-2-3-12-22/h4-10,13H,2-3,11-12,14H2,1H3,(H,21,24). The molecule has 0 aromatic heterocycles. The first-order valence-electron chi connectivity index (χ1n) is 9.00. The average Bonchev–Trinajstić information content (AvgIpc) is 3.22. The van der Waals surface area contributed by atoms with Crippen molar-refractivity contribution in [3.05, 3.63) is 54.1 Å². The van der Waals surface area contributed by atoms with Crippen LogP contribution in [0.5, 0.6) is 5.75 Å². The Bertz CT molecular complexity index is 964. The van der Waals surface area contributed by atoms with E-state index in [1.54, 1.807) is 24.3 Å². The molecule has 1 amide bonds. The summed E-state index contributed by atoms with van der Waals surface area (Å²) in [5, 5.41) is 2.66. The van der Waals surface area contributed by atoms with Crippen LogP contribution in [-0.2, 0) is 14.8 Å². The first-order chi connectivity index (χ1) is 13.4. The molecule has 1 fully saturated rings. The SMILES string of the molecule is CC(=O)c1cccc(NC(=O)COc2ccc(S(=O)(=O)N3CCCC3)cc2)c1. The van der Waals surface area contributed by atoms with Crippen LogP contribution in [0.15, 0.2) is 53.4 Å². The van der Waals surface area contributed by atoms with E-state index in [0.717, 1.165) is 12.8 Å². The van der Waals surface area contributed by atoms with E-state index in [1.165, 1.54) is 35.5 Å². The number of hydrogen-bond donors (Lipinski definition) is 1. The Morgan fingerprint density at radius 1 is 1.07 bits per heavy atom. The van der Waals surface area contributed by atoms with Crippen molar-refractivity contribution in [1.29, 1.82) is 0 Å². The van der Waals surface area contributed by atoms with E-state index in [-0.39, 0.29) is 23.2 Å². The molecule has 0 aliphatic carbocycles. The highest BCUT2D eigenvalue weighted by atomic mass is 32.2. The number of hydrogen-bond acceptors (Lipinski definition) is 5. The molecule has 0 saturated carbocycles. The van der Waals surface area contributed by atoms with E-state index in [0.29, 0.717) is 30.1 Å². The van der Waals surface area contributed by atoms with Crippen LogP contribution in [-0.4, -0.2) is 44.1 Å². The van der Waals surface area contributed by atoms with Crippen LogP contribution < -0.4 is 10.1 Å². The highest BCUT2D eigenvalue weighted by Gasteiger charge is 2.26. The number of amides is 1. The van der Waals surface area contributed by atoms with Crippen molar-refractivity contribution >= 4 is 27.4 Å². The predicted molar refractivity (Wildman–Crippen MR) is 105 cm³/mol. The molecule has 0 atom stereocenters. The Morgan fingerprint density at radius 3 is 2.39 bits per heavy atom. The second kappa shape index (κ2) is 8.53. The van der Waals surface area contributed by atoms with Gasteiger partial charge in [-0.1, -0.05) is 12.1 Å². The van der Waals surface area contributed by atoms with Gasteiger partial charge in [0.05, 0.1) is 4.90 Å². The van der Waals surface area contributed by atoms with Gasteiger partial charge in [0.15, 0.2) is 12.4 Å². The number of benzene rings is 2. The van der Waals surface area contributed by atoms with Gasteiger partial charge in [-0.3, -0.25) is 9.59 Å². The number of ether oxygens (including phenoxy) is 1. The fraction of sp³-hybridized carbons (Fsp3) is 0.300. The number of Topliss-reactive ketones (excluding diaryl/α,β-unsaturated/α-hetero) is 1. The maximum atomic E-state index is 12.5. The second-order valence-electron chi connectivity index (χ2n) is 6.56. The van der Waals surface area contributed by atoms with Crippen LogP contribution in [0.4, 0.5) is 5.69 Å². The van der Waals surface area contributed by atoms with E-state index in [4.69, 9.17) is 4.74 Å². The number of sulfonamides is 1. The number of carbonyl (C=O) groups excluding carboxylic acids is 2. The normalized spacial score (nSPS) is 14.6. The van der Waals surface area contributed by atoms with Gasteiger partial charge in [-0.25, -0.2) is 8.42 Å². The predicted octanol–water partition coefficient (Wildman–Crippen LogP) is 2.69. The lowest BCUT2D eigenvalue weighted by Crippen LogP contribution is -2.27. The minimum absolute atomic E-state index is 0.0867. The van der Waals surface area contributed by atoms with Gasteiger partial charge in [0.1, 0.15) is 5.75 Å². The van der Waals surface area contributed by atoms with Gasteiger partial charge in [-0.2, -0.15) is 4.31 Å². The molecule has 1 aliphatic heterocycles. The van der Waals surface area contributed by atoms with Gasteiger partial charge in [0.2, 0.25) is 10.0 Å². The number of anilines is 1. The molecule has 2 aromatic rings. The van der Waals surface area contributed by atoms with Crippen molar-refractivity contribution < 1.29 is 22.7 Å². The van der Waals surface area contributed by atoms with Gasteiger partial charge in [0, 0.05) is 24.3 Å². The van der Waals surface area contributed by atoms with Crippen molar-refractivity contribution in [3.8, 4) is 5.75 Å². The molecule has 2 aromatic carbocycles. The smallest absolute Gasteiger partial charge is 0.262 e. The van der Waals surface area contributed by atoms with Gasteiger partial charge >= 0.3 is 0 Å². The highest BCUT2D eigenvalue weighted by Crippen LogP contribution is 2.23. The summed E-state index contributed by atoms with van der Waals surface area (Å²) in [7, 11) is -3.47. The topological polar surface area (TPSA) is 92.8 Å². The maximum absolute atomic E-state index is 12.5. The maximum Gasteiger partial charge on any atom is 0.262 e. The summed E-state index contributed by atoms with van der Waals surface area (Å²) < 4.78 is 31.9. The van der Waals surface area contributed by atoms with Gasteiger partial charge < -0.3 is 10.1 Å². The zero-order valence-electron chi connectivity index (χ0n) is 15.6. The van der Waals surface area contributed by atoms with Gasteiger partial charge in [-0.15, -0.1) is 0 Å². The first-order valence-corrected chi connectivity index (χ1v) is 10.4. The molecule has 0 radical (unpaired) electrons. The number of nitrogens with zero attached hydrogens (tertiary/aromatic N) is 1. The van der Waals surface area contributed by atoms with Crippen LogP contribution in [0.25, 0.3) is 0 Å². The molecule has 1 aliphatic rings. The monoisotopic (exact) mass is 402 g/mol. The molecule has 0 unspecified atom stereocenters. The Hall–Kier alpha value is -2.71. The summed E-state index contributed by atoms with van der Waals surface area (Å²) in [6, 6.07) is 12.7. The molecule has 3 rings (SSSR count). The largest absolute Gasteiger partial charge is 0.484 e. The third-order valence-corrected chi connectivity index (χ3v) is 6.36. The molecule has 8 heteroatoms. The summed E-state index contributed by atoms with van der Waals surface area (Å²) in [4.78, 5) is 23.7. The minimum atomic E-state index is -3.47. The second-order valence-corrected chi connectivity index (χ2v) is 8.49. The lowest BCUT2D eigenvalue weighted by molar-refractivity contribution is -0.118. The summed E-state index contributed by atoms with van der Waals surface area (Å²) >= 11 is 0. The third-order valence-electron chi connectivity index (χ3n) is 4.45. The molecule has 1 N–H and O–H groups in total. The Balaban J connectivity index is 1.57. The number of nitrogens with one attached hydrogen (secondary N) is 1. The molecular formula is C20H22N2O5S. The van der Waals surface area contributed by atoms with Crippen LogP contribution in [0, 0.1) is 0 Å². The number of rotatable bonds is 7. The zero-order chi connectivity index (χ0) is 20.1. The molecule has 1 saturated heterocycles. The molecule has 0 spiro atoms. The summed E-state index contributed by atoms with van der Waals surface area (Å²) in [6.45, 7) is 2.32. The minimum Gasteiger partial charge on any atom is -0.484 e. The van der Waals surface area contributed by atoms with Crippen LogP contribution in [0.1, 0.15) is 30.1 Å². The average molecular weight is 402 g/mol. The number of carbonyl (C=O) groups is 2. The van der Waals surface area contributed by atoms with Crippen LogP contribution in [0.2, 0.25) is 0 Å². The van der Waals surface area contributed by atoms with Crippen molar-refractivity contribution in [2.24, 2.45) is 0 Å². The summed E-state index contributed by atoms with van der Waals surface area (Å²) in [6.07, 6.45) is 1.76. The van der Waals surface area contributed by atoms with E-state index in [9.17, 15) is 18.0 Å². The Morgan fingerprint density at radius 2 is 1.75 bits per heavy atom. The summed E-state index contributed by atoms with van der Waals surface area (Å²) in [5.74, 6) is -0.0706. The Kier molecular flexibility index (Phi) is 6.11. The van der Waals surface area contributed by atoms with Crippen molar-refractivity contribution in [2.45, 2.75) is 24.7 Å². The summed E-state index contributed by atoms with van der Waals surface area (Å²) in [5.41, 5.74) is 1.02. The lowest BCUT2D eigenvalue weighted by Gasteiger charge is -2.15. The van der Waals surface area contributed by atoms with Crippen molar-refractivity contribution in [1.82, 2.24) is 4.31 Å². The molecular weight excluding hydrogens is 380 g/mol. The van der Waals surface area contributed by atoms with E-state index < -0.39 is 10.0 Å². The molecule has 148 valence electrons. The van der Waals surface area contributed by atoms with Crippen LogP contribution in [0.3, 0.4) is 0 Å². The molecule has 7 nitrogen and oxygen atoms in total. The van der Waals surface area contributed by atoms with Gasteiger partial charge in [-0.05, 0) is 56.2 Å². The van der Waals surface area contributed by atoms with Crippen molar-refractivity contribution in [3.63, 3.8) is 0 Å².